The van der Waals surface area contributed by atoms with Crippen LogP contribution in [0.15, 0.2) is 6.07 Å². The molecule has 1 rings (SSSR count). The molecule has 5 nitrogen and oxygen atoms in total. The van der Waals surface area contributed by atoms with Gasteiger partial charge < -0.3 is 15.5 Å². The molecule has 0 radical (unpaired) electrons. The van der Waals surface area contributed by atoms with Crippen LogP contribution in [0.3, 0.4) is 0 Å². The predicted molar refractivity (Wildman–Crippen MR) is 88.0 cm³/mol. The Kier molecular flexibility index (Phi) is 5.92. The van der Waals surface area contributed by atoms with Crippen LogP contribution in [0.2, 0.25) is 0 Å². The van der Waals surface area contributed by atoms with Crippen molar-refractivity contribution in [3.05, 3.63) is 16.5 Å². The molecule has 0 spiro atoms. The van der Waals surface area contributed by atoms with Gasteiger partial charge in [-0.15, -0.1) is 11.3 Å². The summed E-state index contributed by atoms with van der Waals surface area (Å²) in [5.41, 5.74) is 0.441. The number of thiophene rings is 1. The number of anilines is 1. The van der Waals surface area contributed by atoms with Gasteiger partial charge in [0, 0.05) is 25.6 Å². The first-order valence-electron chi connectivity index (χ1n) is 6.98. The van der Waals surface area contributed by atoms with Crippen LogP contribution in [0.25, 0.3) is 0 Å². The van der Waals surface area contributed by atoms with E-state index in [-0.39, 0.29) is 11.8 Å². The van der Waals surface area contributed by atoms with E-state index < -0.39 is 5.41 Å². The Morgan fingerprint density at radius 2 is 1.95 bits per heavy atom. The molecular formula is C15H25N3O2S. The van der Waals surface area contributed by atoms with Gasteiger partial charge >= 0.3 is 0 Å². The van der Waals surface area contributed by atoms with Crippen molar-refractivity contribution in [2.75, 3.05) is 32.5 Å². The lowest BCUT2D eigenvalue weighted by Crippen LogP contribution is -2.32. The lowest BCUT2D eigenvalue weighted by molar-refractivity contribution is -0.123. The largest absolute Gasteiger partial charge is 0.340 e. The summed E-state index contributed by atoms with van der Waals surface area (Å²) < 4.78 is 0. The van der Waals surface area contributed by atoms with E-state index in [1.54, 1.807) is 11.9 Å². The second-order valence-electron chi connectivity index (χ2n) is 6.16. The number of aryl methyl sites for hydroxylation is 1. The fourth-order valence-electron chi connectivity index (χ4n) is 1.61. The minimum absolute atomic E-state index is 0.0102. The average Bonchev–Trinajstić information content (AvgIpc) is 2.74. The van der Waals surface area contributed by atoms with Crippen LogP contribution in [0, 0.1) is 12.3 Å². The van der Waals surface area contributed by atoms with Crippen molar-refractivity contribution >= 4 is 28.2 Å². The maximum Gasteiger partial charge on any atom is 0.264 e. The number of hydrogen-bond acceptors (Lipinski definition) is 4. The molecule has 0 atom stereocenters. The number of nitrogens with zero attached hydrogens (tertiary/aromatic N) is 1. The minimum Gasteiger partial charge on any atom is -0.340 e. The average molecular weight is 311 g/mol. The van der Waals surface area contributed by atoms with E-state index in [0.717, 1.165) is 17.1 Å². The molecule has 118 valence electrons. The monoisotopic (exact) mass is 311 g/mol. The molecule has 0 unspecified atom stereocenters. The SMILES string of the molecule is CNCCN(C)C(=O)c1sc(NC(=O)C(C)(C)C)cc1C. The van der Waals surface area contributed by atoms with E-state index >= 15 is 0 Å². The van der Waals surface area contributed by atoms with Gasteiger partial charge in [0.05, 0.1) is 9.88 Å². The summed E-state index contributed by atoms with van der Waals surface area (Å²) in [5, 5.41) is 6.62. The molecule has 0 saturated heterocycles. The molecule has 21 heavy (non-hydrogen) atoms. The Labute approximate surface area is 130 Å². The zero-order valence-corrected chi connectivity index (χ0v) is 14.5. The molecule has 0 aliphatic rings. The third-order valence-corrected chi connectivity index (χ3v) is 4.21. The topological polar surface area (TPSA) is 61.4 Å². The minimum atomic E-state index is -0.453. The van der Waals surface area contributed by atoms with Crippen molar-refractivity contribution in [1.82, 2.24) is 10.2 Å². The highest BCUT2D eigenvalue weighted by Crippen LogP contribution is 2.29. The summed E-state index contributed by atoms with van der Waals surface area (Å²) in [5.74, 6) is -0.0599. The van der Waals surface area contributed by atoms with Crippen LogP contribution < -0.4 is 10.6 Å². The number of carbonyl (C=O) groups excluding carboxylic acids is 2. The van der Waals surface area contributed by atoms with Crippen molar-refractivity contribution in [2.24, 2.45) is 5.41 Å². The second-order valence-corrected chi connectivity index (χ2v) is 7.21. The van der Waals surface area contributed by atoms with Gasteiger partial charge in [0.25, 0.3) is 5.91 Å². The van der Waals surface area contributed by atoms with Crippen LogP contribution in [0.5, 0.6) is 0 Å². The first-order valence-corrected chi connectivity index (χ1v) is 7.80. The number of amides is 2. The zero-order valence-electron chi connectivity index (χ0n) is 13.7. The highest BCUT2D eigenvalue weighted by atomic mass is 32.1. The molecule has 1 aromatic rings. The molecule has 2 amide bonds. The van der Waals surface area contributed by atoms with E-state index in [2.05, 4.69) is 10.6 Å². The van der Waals surface area contributed by atoms with Crippen LogP contribution in [-0.4, -0.2) is 43.9 Å². The summed E-state index contributed by atoms with van der Waals surface area (Å²) in [6, 6.07) is 1.85. The van der Waals surface area contributed by atoms with E-state index in [9.17, 15) is 9.59 Å². The molecule has 0 saturated carbocycles. The van der Waals surface area contributed by atoms with Crippen LogP contribution in [0.4, 0.5) is 5.00 Å². The molecule has 2 N–H and O–H groups in total. The molecular weight excluding hydrogens is 286 g/mol. The van der Waals surface area contributed by atoms with Crippen LogP contribution >= 0.6 is 11.3 Å². The Morgan fingerprint density at radius 3 is 2.48 bits per heavy atom. The Bertz CT molecular complexity index is 517. The highest BCUT2D eigenvalue weighted by Gasteiger charge is 2.23. The molecule has 0 aliphatic heterocycles. The third kappa shape index (κ3) is 4.82. The number of rotatable bonds is 5. The molecule has 1 heterocycles. The summed E-state index contributed by atoms with van der Waals surface area (Å²) in [7, 11) is 3.64. The third-order valence-electron chi connectivity index (χ3n) is 3.07. The summed E-state index contributed by atoms with van der Waals surface area (Å²) in [6.07, 6.45) is 0. The fraction of sp³-hybridized carbons (Fsp3) is 0.600. The summed E-state index contributed by atoms with van der Waals surface area (Å²) >= 11 is 1.33. The van der Waals surface area contributed by atoms with Gasteiger partial charge in [-0.2, -0.15) is 0 Å². The lowest BCUT2D eigenvalue weighted by atomic mass is 9.96. The smallest absolute Gasteiger partial charge is 0.264 e. The maximum absolute atomic E-state index is 12.4. The zero-order chi connectivity index (χ0) is 16.2. The van der Waals surface area contributed by atoms with E-state index in [0.29, 0.717) is 11.4 Å². The quantitative estimate of drug-likeness (QED) is 0.877. The van der Waals surface area contributed by atoms with E-state index in [4.69, 9.17) is 0 Å². The standard InChI is InChI=1S/C15H25N3O2S/c1-10-9-11(17-14(20)15(2,3)4)21-12(10)13(19)18(6)8-7-16-5/h9,16H,7-8H2,1-6H3,(H,17,20). The van der Waals surface area contributed by atoms with Gasteiger partial charge in [0.15, 0.2) is 0 Å². The van der Waals surface area contributed by atoms with Gasteiger partial charge in [-0.25, -0.2) is 0 Å². The summed E-state index contributed by atoms with van der Waals surface area (Å²) in [6.45, 7) is 8.88. The second kappa shape index (κ2) is 7.04. The Balaban J connectivity index is 2.83. The molecule has 1 aromatic heterocycles. The summed E-state index contributed by atoms with van der Waals surface area (Å²) in [4.78, 5) is 26.7. The fourth-order valence-corrected chi connectivity index (χ4v) is 2.67. The van der Waals surface area contributed by atoms with Crippen molar-refractivity contribution < 1.29 is 9.59 Å². The van der Waals surface area contributed by atoms with Gasteiger partial charge in [0.1, 0.15) is 0 Å². The van der Waals surface area contributed by atoms with Crippen molar-refractivity contribution in [2.45, 2.75) is 27.7 Å². The lowest BCUT2D eigenvalue weighted by Gasteiger charge is -2.17. The number of nitrogens with one attached hydrogen (secondary N) is 2. The highest BCUT2D eigenvalue weighted by molar-refractivity contribution is 7.18. The molecule has 0 bridgehead atoms. The molecule has 0 fully saturated rings. The Morgan fingerprint density at radius 1 is 1.33 bits per heavy atom. The number of hydrogen-bond donors (Lipinski definition) is 2. The first kappa shape index (κ1) is 17.7. The molecule has 6 heteroatoms. The van der Waals surface area contributed by atoms with Crippen LogP contribution in [-0.2, 0) is 4.79 Å². The number of carbonyl (C=O) groups is 2. The van der Waals surface area contributed by atoms with E-state index in [1.165, 1.54) is 11.3 Å². The van der Waals surface area contributed by atoms with Gasteiger partial charge in [-0.3, -0.25) is 9.59 Å². The van der Waals surface area contributed by atoms with Crippen LogP contribution in [0.1, 0.15) is 36.0 Å². The number of likely N-dealkylation sites (N-methyl/N-ethyl adjacent to an activating group) is 2. The molecule has 0 aliphatic carbocycles. The predicted octanol–water partition coefficient (Wildman–Crippen LogP) is 2.33. The van der Waals surface area contributed by atoms with Crippen molar-refractivity contribution in [3.63, 3.8) is 0 Å². The Hall–Kier alpha value is -1.40. The van der Waals surface area contributed by atoms with Gasteiger partial charge in [-0.1, -0.05) is 20.8 Å². The normalized spacial score (nSPS) is 11.3. The van der Waals surface area contributed by atoms with E-state index in [1.807, 2.05) is 40.8 Å². The van der Waals surface area contributed by atoms with Gasteiger partial charge in [0.2, 0.25) is 5.91 Å². The first-order chi connectivity index (χ1) is 9.66. The van der Waals surface area contributed by atoms with Crippen molar-refractivity contribution in [3.8, 4) is 0 Å². The maximum atomic E-state index is 12.4. The van der Waals surface area contributed by atoms with Gasteiger partial charge in [-0.05, 0) is 25.6 Å². The molecule has 0 aromatic carbocycles. The van der Waals surface area contributed by atoms with Crippen molar-refractivity contribution in [1.29, 1.82) is 0 Å².